The molecule has 1 aromatic heterocycles. The molecule has 1 heterocycles. The smallest absolute Gasteiger partial charge is 0.225 e. The quantitative estimate of drug-likeness (QED) is 0.622. The zero-order valence-corrected chi connectivity index (χ0v) is 15.0. The Hall–Kier alpha value is -2.95. The molecule has 134 valence electrons. The molecular weight excluding hydrogens is 327 g/mol. The normalized spacial score (nSPS) is 11.8. The van der Waals surface area contributed by atoms with Crippen LogP contribution in [0.2, 0.25) is 0 Å². The molecule has 0 bridgehead atoms. The van der Waals surface area contributed by atoms with Gasteiger partial charge in [-0.15, -0.1) is 0 Å². The van der Waals surface area contributed by atoms with E-state index in [-0.39, 0.29) is 11.9 Å². The van der Waals surface area contributed by atoms with Crippen LogP contribution in [-0.2, 0) is 6.54 Å². The van der Waals surface area contributed by atoms with Crippen molar-refractivity contribution in [2.24, 2.45) is 0 Å². The molecule has 2 N–H and O–H groups in total. The van der Waals surface area contributed by atoms with Crippen LogP contribution in [0.5, 0.6) is 0 Å². The van der Waals surface area contributed by atoms with Crippen molar-refractivity contribution in [1.82, 2.24) is 9.97 Å². The van der Waals surface area contributed by atoms with Crippen LogP contribution in [0.4, 0.5) is 16.2 Å². The van der Waals surface area contributed by atoms with Gasteiger partial charge in [-0.05, 0) is 31.0 Å². The molecule has 4 nitrogen and oxygen atoms in total. The first-order chi connectivity index (χ1) is 12.6. The highest BCUT2D eigenvalue weighted by Gasteiger charge is 2.09. The number of halogens is 1. The van der Waals surface area contributed by atoms with Crippen molar-refractivity contribution in [3.8, 4) is 11.3 Å². The predicted molar refractivity (Wildman–Crippen MR) is 105 cm³/mol. The SMILES string of the molecule is CCC(C)Nc1nc(NCc2ccc(F)cc2)cc(-c2ccccc2)n1. The molecule has 0 aliphatic rings. The van der Waals surface area contributed by atoms with Crippen LogP contribution in [0.25, 0.3) is 11.3 Å². The minimum absolute atomic E-state index is 0.234. The van der Waals surface area contributed by atoms with Gasteiger partial charge in [-0.2, -0.15) is 4.98 Å². The van der Waals surface area contributed by atoms with E-state index in [1.807, 2.05) is 36.4 Å². The van der Waals surface area contributed by atoms with Gasteiger partial charge in [-0.3, -0.25) is 0 Å². The summed E-state index contributed by atoms with van der Waals surface area (Å²) in [5.41, 5.74) is 2.88. The molecule has 0 saturated carbocycles. The summed E-state index contributed by atoms with van der Waals surface area (Å²) in [4.78, 5) is 9.22. The molecule has 1 atom stereocenters. The first-order valence-corrected chi connectivity index (χ1v) is 8.83. The molecule has 26 heavy (non-hydrogen) atoms. The average Bonchev–Trinajstić information content (AvgIpc) is 2.68. The maximum atomic E-state index is 13.0. The molecule has 0 radical (unpaired) electrons. The summed E-state index contributed by atoms with van der Waals surface area (Å²) < 4.78 is 13.0. The Labute approximate surface area is 153 Å². The van der Waals surface area contributed by atoms with E-state index in [1.165, 1.54) is 12.1 Å². The Balaban J connectivity index is 1.85. The second-order valence-electron chi connectivity index (χ2n) is 6.26. The van der Waals surface area contributed by atoms with Crippen LogP contribution in [-0.4, -0.2) is 16.0 Å². The van der Waals surface area contributed by atoms with E-state index in [0.29, 0.717) is 12.5 Å². The maximum absolute atomic E-state index is 13.0. The molecule has 0 amide bonds. The van der Waals surface area contributed by atoms with E-state index < -0.39 is 0 Å². The molecule has 3 rings (SSSR count). The lowest BCUT2D eigenvalue weighted by molar-refractivity contribution is 0.627. The second-order valence-corrected chi connectivity index (χ2v) is 6.26. The van der Waals surface area contributed by atoms with Crippen molar-refractivity contribution < 1.29 is 4.39 Å². The lowest BCUT2D eigenvalue weighted by atomic mass is 10.1. The molecule has 2 aromatic carbocycles. The first-order valence-electron chi connectivity index (χ1n) is 8.83. The number of benzene rings is 2. The molecule has 0 aliphatic heterocycles. The Bertz CT molecular complexity index is 834. The fourth-order valence-corrected chi connectivity index (χ4v) is 2.48. The van der Waals surface area contributed by atoms with E-state index in [1.54, 1.807) is 12.1 Å². The van der Waals surface area contributed by atoms with Crippen LogP contribution < -0.4 is 10.6 Å². The van der Waals surface area contributed by atoms with Crippen molar-refractivity contribution >= 4 is 11.8 Å². The number of nitrogens with one attached hydrogen (secondary N) is 2. The van der Waals surface area contributed by atoms with Crippen LogP contribution in [0.3, 0.4) is 0 Å². The van der Waals surface area contributed by atoms with E-state index >= 15 is 0 Å². The lowest BCUT2D eigenvalue weighted by Gasteiger charge is -2.14. The van der Waals surface area contributed by atoms with Crippen LogP contribution in [0.1, 0.15) is 25.8 Å². The van der Waals surface area contributed by atoms with Gasteiger partial charge < -0.3 is 10.6 Å². The highest BCUT2D eigenvalue weighted by molar-refractivity contribution is 5.64. The van der Waals surface area contributed by atoms with Gasteiger partial charge in [-0.1, -0.05) is 49.4 Å². The predicted octanol–water partition coefficient (Wildman–Crippen LogP) is 5.11. The highest BCUT2D eigenvalue weighted by Crippen LogP contribution is 2.22. The fourth-order valence-electron chi connectivity index (χ4n) is 2.48. The molecule has 5 heteroatoms. The Morgan fingerprint density at radius 3 is 2.42 bits per heavy atom. The molecule has 0 fully saturated rings. The standard InChI is InChI=1S/C21H23FN4/c1-3-15(2)24-21-25-19(17-7-5-4-6-8-17)13-20(26-21)23-14-16-9-11-18(22)12-10-16/h4-13,15H,3,14H2,1-2H3,(H2,23,24,25,26). The first kappa shape index (κ1) is 17.9. The van der Waals surface area contributed by atoms with Gasteiger partial charge in [0.1, 0.15) is 11.6 Å². The Morgan fingerprint density at radius 2 is 1.73 bits per heavy atom. The molecule has 0 spiro atoms. The minimum atomic E-state index is -0.234. The monoisotopic (exact) mass is 350 g/mol. The van der Waals surface area contributed by atoms with Crippen molar-refractivity contribution in [2.75, 3.05) is 10.6 Å². The van der Waals surface area contributed by atoms with Gasteiger partial charge in [0, 0.05) is 24.2 Å². The van der Waals surface area contributed by atoms with Gasteiger partial charge >= 0.3 is 0 Å². The number of anilines is 2. The number of hydrogen-bond acceptors (Lipinski definition) is 4. The molecule has 1 unspecified atom stereocenters. The molecular formula is C21H23FN4. The Morgan fingerprint density at radius 1 is 1.00 bits per heavy atom. The van der Waals surface area contributed by atoms with Crippen LogP contribution in [0.15, 0.2) is 60.7 Å². The summed E-state index contributed by atoms with van der Waals surface area (Å²) >= 11 is 0. The second kappa shape index (κ2) is 8.43. The van der Waals surface area contributed by atoms with Crippen LogP contribution in [0, 0.1) is 5.82 Å². The zero-order chi connectivity index (χ0) is 18.4. The number of rotatable bonds is 7. The minimum Gasteiger partial charge on any atom is -0.366 e. The summed E-state index contributed by atoms with van der Waals surface area (Å²) in [5.74, 6) is 1.10. The van der Waals surface area contributed by atoms with E-state index in [9.17, 15) is 4.39 Å². The average molecular weight is 350 g/mol. The molecule has 3 aromatic rings. The fraction of sp³-hybridized carbons (Fsp3) is 0.238. The van der Waals surface area contributed by atoms with Gasteiger partial charge in [0.2, 0.25) is 5.95 Å². The third-order valence-corrected chi connectivity index (χ3v) is 4.17. The zero-order valence-electron chi connectivity index (χ0n) is 15.0. The van der Waals surface area contributed by atoms with Crippen molar-refractivity contribution in [1.29, 1.82) is 0 Å². The topological polar surface area (TPSA) is 49.8 Å². The van der Waals surface area contributed by atoms with Gasteiger partial charge in [0.15, 0.2) is 0 Å². The number of nitrogens with zero attached hydrogens (tertiary/aromatic N) is 2. The maximum Gasteiger partial charge on any atom is 0.225 e. The molecule has 0 saturated heterocycles. The number of aromatic nitrogens is 2. The van der Waals surface area contributed by atoms with Gasteiger partial charge in [0.25, 0.3) is 0 Å². The summed E-state index contributed by atoms with van der Waals surface area (Å²) in [7, 11) is 0. The lowest BCUT2D eigenvalue weighted by Crippen LogP contribution is -2.16. The number of hydrogen-bond donors (Lipinski definition) is 2. The van der Waals surface area contributed by atoms with E-state index in [0.717, 1.165) is 29.1 Å². The van der Waals surface area contributed by atoms with Gasteiger partial charge in [-0.25, -0.2) is 9.37 Å². The highest BCUT2D eigenvalue weighted by atomic mass is 19.1. The summed E-state index contributed by atoms with van der Waals surface area (Å²) in [6, 6.07) is 18.7. The van der Waals surface area contributed by atoms with Crippen molar-refractivity contribution in [3.05, 3.63) is 72.0 Å². The Kier molecular flexibility index (Phi) is 5.79. The largest absolute Gasteiger partial charge is 0.366 e. The van der Waals surface area contributed by atoms with E-state index in [4.69, 9.17) is 0 Å². The van der Waals surface area contributed by atoms with E-state index in [2.05, 4.69) is 34.4 Å². The molecule has 0 aliphatic carbocycles. The van der Waals surface area contributed by atoms with Crippen molar-refractivity contribution in [2.45, 2.75) is 32.9 Å². The summed E-state index contributed by atoms with van der Waals surface area (Å²) in [6.45, 7) is 4.78. The third-order valence-electron chi connectivity index (χ3n) is 4.17. The summed E-state index contributed by atoms with van der Waals surface area (Å²) in [6.07, 6.45) is 0.983. The summed E-state index contributed by atoms with van der Waals surface area (Å²) in [5, 5.41) is 6.64. The van der Waals surface area contributed by atoms with Crippen LogP contribution >= 0.6 is 0 Å². The van der Waals surface area contributed by atoms with Gasteiger partial charge in [0.05, 0.1) is 5.69 Å². The van der Waals surface area contributed by atoms with Crippen molar-refractivity contribution in [3.63, 3.8) is 0 Å². The third kappa shape index (κ3) is 4.79.